The molecule has 0 aromatic heterocycles. The summed E-state index contributed by atoms with van der Waals surface area (Å²) in [5.74, 6) is -0.134. The lowest BCUT2D eigenvalue weighted by atomic mass is 10.1. The van der Waals surface area contributed by atoms with Gasteiger partial charge in [-0.15, -0.1) is 0 Å². The number of alkyl halides is 3. The standard InChI is InChI=1S/C19H14F3N3O/c1-12-3-6-15(7-4-12)24-11-18(26)25(13(24)2)16-8-5-14(10-23)17(9-16)19(20,21)22/h3-9H,2,11H2,1H3. The summed E-state index contributed by atoms with van der Waals surface area (Å²) in [6.07, 6.45) is -4.69. The zero-order valence-electron chi connectivity index (χ0n) is 13.8. The summed E-state index contributed by atoms with van der Waals surface area (Å²) in [7, 11) is 0. The molecule has 1 amide bonds. The fraction of sp³-hybridized carbons (Fsp3) is 0.158. The monoisotopic (exact) mass is 357 g/mol. The molecule has 2 aromatic carbocycles. The van der Waals surface area contributed by atoms with Gasteiger partial charge in [0.05, 0.1) is 22.9 Å². The first kappa shape index (κ1) is 17.5. The summed E-state index contributed by atoms with van der Waals surface area (Å²) in [4.78, 5) is 15.2. The molecule has 26 heavy (non-hydrogen) atoms. The van der Waals surface area contributed by atoms with Crippen molar-refractivity contribution in [1.29, 1.82) is 5.26 Å². The Bertz CT molecular complexity index is 927. The van der Waals surface area contributed by atoms with Crippen LogP contribution >= 0.6 is 0 Å². The quantitative estimate of drug-likeness (QED) is 0.809. The van der Waals surface area contributed by atoms with Crippen molar-refractivity contribution in [2.24, 2.45) is 0 Å². The van der Waals surface area contributed by atoms with Crippen molar-refractivity contribution >= 4 is 17.3 Å². The number of benzene rings is 2. The highest BCUT2D eigenvalue weighted by Crippen LogP contribution is 2.37. The Morgan fingerprint density at radius 2 is 1.73 bits per heavy atom. The van der Waals surface area contributed by atoms with Crippen molar-refractivity contribution in [3.63, 3.8) is 0 Å². The third-order valence-electron chi connectivity index (χ3n) is 4.15. The Kier molecular flexibility index (Phi) is 4.20. The SMILES string of the molecule is C=C1N(c2ccc(C)cc2)CC(=O)N1c1ccc(C#N)c(C(F)(F)F)c1. The second-order valence-corrected chi connectivity index (χ2v) is 5.91. The van der Waals surface area contributed by atoms with Gasteiger partial charge in [-0.1, -0.05) is 24.3 Å². The number of carbonyl (C=O) groups excluding carboxylic acids is 1. The van der Waals surface area contributed by atoms with E-state index in [4.69, 9.17) is 5.26 Å². The van der Waals surface area contributed by atoms with Crippen LogP contribution in [0.1, 0.15) is 16.7 Å². The fourth-order valence-corrected chi connectivity index (χ4v) is 2.82. The first-order valence-corrected chi connectivity index (χ1v) is 7.70. The lowest BCUT2D eigenvalue weighted by Gasteiger charge is -2.23. The fourth-order valence-electron chi connectivity index (χ4n) is 2.82. The molecule has 0 saturated carbocycles. The number of amides is 1. The van der Waals surface area contributed by atoms with Crippen LogP contribution in [0.4, 0.5) is 24.5 Å². The summed E-state index contributed by atoms with van der Waals surface area (Å²) in [6, 6.07) is 12.1. The van der Waals surface area contributed by atoms with Crippen molar-refractivity contribution in [3.8, 4) is 6.07 Å². The van der Waals surface area contributed by atoms with Crippen molar-refractivity contribution in [3.05, 3.63) is 71.6 Å². The van der Waals surface area contributed by atoms with Gasteiger partial charge in [-0.25, -0.2) is 0 Å². The molecule has 0 spiro atoms. The average Bonchev–Trinajstić information content (AvgIpc) is 2.89. The molecule has 0 radical (unpaired) electrons. The summed E-state index contributed by atoms with van der Waals surface area (Å²) in [5, 5.41) is 8.90. The molecule has 0 unspecified atom stereocenters. The molecule has 3 rings (SSSR count). The number of nitriles is 1. The number of rotatable bonds is 2. The zero-order chi connectivity index (χ0) is 19.1. The minimum absolute atomic E-state index is 0.0246. The van der Waals surface area contributed by atoms with Gasteiger partial charge in [0.15, 0.2) is 0 Å². The van der Waals surface area contributed by atoms with Crippen molar-refractivity contribution in [2.75, 3.05) is 16.3 Å². The first-order valence-electron chi connectivity index (χ1n) is 7.70. The van der Waals surface area contributed by atoms with E-state index in [1.807, 2.05) is 31.2 Å². The summed E-state index contributed by atoms with van der Waals surface area (Å²) < 4.78 is 39.6. The van der Waals surface area contributed by atoms with Crippen molar-refractivity contribution in [2.45, 2.75) is 13.1 Å². The third-order valence-corrected chi connectivity index (χ3v) is 4.15. The molecule has 0 aliphatic carbocycles. The number of hydrogen-bond donors (Lipinski definition) is 0. The molecule has 0 N–H and O–H groups in total. The van der Waals surface area contributed by atoms with Crippen molar-refractivity contribution in [1.82, 2.24) is 0 Å². The molecule has 1 fully saturated rings. The van der Waals surface area contributed by atoms with Gasteiger partial charge in [0.1, 0.15) is 12.4 Å². The van der Waals surface area contributed by atoms with Gasteiger partial charge in [0.25, 0.3) is 5.91 Å². The van der Waals surface area contributed by atoms with E-state index in [0.29, 0.717) is 0 Å². The minimum Gasteiger partial charge on any atom is -0.318 e. The molecule has 0 bridgehead atoms. The molecule has 0 atom stereocenters. The molecule has 1 aliphatic heterocycles. The predicted molar refractivity (Wildman–Crippen MR) is 91.3 cm³/mol. The molecular formula is C19H14F3N3O. The highest BCUT2D eigenvalue weighted by Gasteiger charge is 2.37. The van der Waals surface area contributed by atoms with E-state index in [1.165, 1.54) is 12.1 Å². The van der Waals surface area contributed by atoms with E-state index in [-0.39, 0.29) is 18.1 Å². The number of anilines is 2. The number of carbonyl (C=O) groups is 1. The Morgan fingerprint density at radius 3 is 2.31 bits per heavy atom. The molecule has 1 saturated heterocycles. The number of halogens is 3. The Labute approximate surface area is 148 Å². The van der Waals surface area contributed by atoms with E-state index in [0.717, 1.165) is 28.3 Å². The second-order valence-electron chi connectivity index (χ2n) is 5.91. The maximum absolute atomic E-state index is 13.2. The third kappa shape index (κ3) is 3.02. The molecular weight excluding hydrogens is 343 g/mol. The van der Waals surface area contributed by atoms with Crippen LogP contribution in [-0.2, 0) is 11.0 Å². The van der Waals surface area contributed by atoms with Crippen LogP contribution in [0.15, 0.2) is 54.9 Å². The molecule has 1 aliphatic rings. The largest absolute Gasteiger partial charge is 0.417 e. The topological polar surface area (TPSA) is 47.3 Å². The smallest absolute Gasteiger partial charge is 0.318 e. The van der Waals surface area contributed by atoms with Crippen LogP contribution < -0.4 is 9.80 Å². The molecule has 132 valence electrons. The van der Waals surface area contributed by atoms with Crippen LogP contribution in [0.25, 0.3) is 0 Å². The lowest BCUT2D eigenvalue weighted by molar-refractivity contribution is -0.137. The number of hydrogen-bond acceptors (Lipinski definition) is 3. The van der Waals surface area contributed by atoms with Gasteiger partial charge in [-0.2, -0.15) is 18.4 Å². The summed E-state index contributed by atoms with van der Waals surface area (Å²) in [6.45, 7) is 5.76. The van der Waals surface area contributed by atoms with Crippen molar-refractivity contribution < 1.29 is 18.0 Å². The molecule has 7 heteroatoms. The highest BCUT2D eigenvalue weighted by molar-refractivity contribution is 6.04. The van der Waals surface area contributed by atoms with Gasteiger partial charge < -0.3 is 4.90 Å². The molecule has 4 nitrogen and oxygen atoms in total. The average molecular weight is 357 g/mol. The summed E-state index contributed by atoms with van der Waals surface area (Å²) in [5.41, 5.74) is 0.228. The van der Waals surface area contributed by atoms with E-state index < -0.39 is 23.2 Å². The van der Waals surface area contributed by atoms with Crippen LogP contribution in [0, 0.1) is 18.3 Å². The van der Waals surface area contributed by atoms with E-state index >= 15 is 0 Å². The summed E-state index contributed by atoms with van der Waals surface area (Å²) >= 11 is 0. The maximum atomic E-state index is 13.2. The highest BCUT2D eigenvalue weighted by atomic mass is 19.4. The first-order chi connectivity index (χ1) is 12.2. The van der Waals surface area contributed by atoms with Gasteiger partial charge in [0, 0.05) is 5.69 Å². The van der Waals surface area contributed by atoms with E-state index in [2.05, 4.69) is 6.58 Å². The number of nitrogens with zero attached hydrogens (tertiary/aromatic N) is 3. The van der Waals surface area contributed by atoms with Gasteiger partial charge >= 0.3 is 6.18 Å². The van der Waals surface area contributed by atoms with Crippen LogP contribution in [-0.4, -0.2) is 12.5 Å². The van der Waals surface area contributed by atoms with Gasteiger partial charge in [-0.05, 0) is 37.3 Å². The zero-order valence-corrected chi connectivity index (χ0v) is 13.8. The van der Waals surface area contributed by atoms with E-state index in [9.17, 15) is 18.0 Å². The van der Waals surface area contributed by atoms with Gasteiger partial charge in [0.2, 0.25) is 0 Å². The normalized spacial score (nSPS) is 14.7. The Balaban J connectivity index is 2.00. The van der Waals surface area contributed by atoms with Crippen LogP contribution in [0.2, 0.25) is 0 Å². The van der Waals surface area contributed by atoms with Crippen LogP contribution in [0.5, 0.6) is 0 Å². The lowest BCUT2D eigenvalue weighted by Crippen LogP contribution is -2.24. The Morgan fingerprint density at radius 1 is 1.12 bits per heavy atom. The van der Waals surface area contributed by atoms with Crippen LogP contribution in [0.3, 0.4) is 0 Å². The maximum Gasteiger partial charge on any atom is 0.417 e. The number of aryl methyl sites for hydroxylation is 1. The van der Waals surface area contributed by atoms with E-state index in [1.54, 1.807) is 4.90 Å². The minimum atomic E-state index is -4.69. The molecule has 2 aromatic rings. The Hall–Kier alpha value is -3.27. The second kappa shape index (κ2) is 6.23. The van der Waals surface area contributed by atoms with Gasteiger partial charge in [-0.3, -0.25) is 9.69 Å². The predicted octanol–water partition coefficient (Wildman–Crippen LogP) is 4.21. The molecule has 1 heterocycles.